The van der Waals surface area contributed by atoms with Gasteiger partial charge in [0.1, 0.15) is 7.06 Å². The Balaban J connectivity index is 2.53. The lowest BCUT2D eigenvalue weighted by molar-refractivity contribution is 0.239. The molecule has 0 heterocycles. The Bertz CT molecular complexity index is 615. The molecule has 0 spiro atoms. The first-order valence-electron chi connectivity index (χ1n) is 9.24. The van der Waals surface area contributed by atoms with Gasteiger partial charge in [0.25, 0.3) is 0 Å². The van der Waals surface area contributed by atoms with Gasteiger partial charge in [0, 0.05) is 16.4 Å². The summed E-state index contributed by atoms with van der Waals surface area (Å²) in [4.78, 5) is 1.26. The first-order valence-corrected chi connectivity index (χ1v) is 13.8. The van der Waals surface area contributed by atoms with Crippen molar-refractivity contribution >= 4 is 78.5 Å². The maximum Gasteiger partial charge on any atom is 0.109 e. The lowest BCUT2D eigenvalue weighted by atomic mass is 9.77. The number of thiocarbonyl (C=S) groups is 2. The highest BCUT2D eigenvalue weighted by Crippen LogP contribution is 2.38. The first kappa shape index (κ1) is 25.8. The summed E-state index contributed by atoms with van der Waals surface area (Å²) in [6.45, 7) is 13.8. The third-order valence-electron chi connectivity index (χ3n) is 3.53. The van der Waals surface area contributed by atoms with Gasteiger partial charge in [-0.2, -0.15) is 0 Å². The minimum Gasteiger partial charge on any atom is -0.107 e. The van der Waals surface area contributed by atoms with E-state index < -0.39 is 0 Å². The van der Waals surface area contributed by atoms with Crippen molar-refractivity contribution in [1.29, 1.82) is 0 Å². The second-order valence-corrected chi connectivity index (χ2v) is 15.0. The van der Waals surface area contributed by atoms with Crippen LogP contribution in [0.25, 0.3) is 0 Å². The molecule has 0 saturated carbocycles. The minimum absolute atomic E-state index is 0.296. The molecular weight excluding hydrogens is 445 g/mol. The third kappa shape index (κ3) is 12.2. The van der Waals surface area contributed by atoms with Crippen molar-refractivity contribution in [3.8, 4) is 0 Å². The van der Waals surface area contributed by atoms with Crippen LogP contribution < -0.4 is 0 Å². The van der Waals surface area contributed by atoms with E-state index in [-0.39, 0.29) is 0 Å². The van der Waals surface area contributed by atoms with Crippen LogP contribution >= 0.6 is 71.5 Å². The van der Waals surface area contributed by atoms with Crippen LogP contribution in [0.4, 0.5) is 0 Å². The smallest absolute Gasteiger partial charge is 0.107 e. The lowest BCUT2D eigenvalue weighted by Crippen LogP contribution is -2.23. The van der Waals surface area contributed by atoms with Crippen molar-refractivity contribution in [2.24, 2.45) is 10.8 Å². The first-order chi connectivity index (χ1) is 12.5. The van der Waals surface area contributed by atoms with E-state index in [1.54, 1.807) is 35.3 Å². The van der Waals surface area contributed by atoms with Gasteiger partial charge < -0.3 is 0 Å². The summed E-state index contributed by atoms with van der Waals surface area (Å²) in [5, 5.41) is 0. The van der Waals surface area contributed by atoms with Gasteiger partial charge in [-0.05, 0) is 41.1 Å². The Morgan fingerprint density at radius 3 is 2.22 bits per heavy atom. The summed E-state index contributed by atoms with van der Waals surface area (Å²) in [5.41, 5.74) is 1.97. The van der Waals surface area contributed by atoms with E-state index in [0.717, 1.165) is 30.7 Å². The van der Waals surface area contributed by atoms with Gasteiger partial charge in [-0.3, -0.25) is 0 Å². The molecule has 27 heavy (non-hydrogen) atoms. The van der Waals surface area contributed by atoms with E-state index in [9.17, 15) is 0 Å². The normalized spacial score (nSPS) is 12.2. The molecule has 0 radical (unpaired) electrons. The van der Waals surface area contributed by atoms with Crippen LogP contribution in [0.3, 0.4) is 0 Å². The Morgan fingerprint density at radius 2 is 1.59 bits per heavy atom. The van der Waals surface area contributed by atoms with Crippen molar-refractivity contribution in [3.63, 3.8) is 0 Å². The highest BCUT2D eigenvalue weighted by molar-refractivity contribution is 8.47. The van der Waals surface area contributed by atoms with Gasteiger partial charge in [-0.25, -0.2) is 0 Å². The van der Waals surface area contributed by atoms with Gasteiger partial charge in [0.15, 0.2) is 0 Å². The lowest BCUT2D eigenvalue weighted by Gasteiger charge is -2.32. The standard InChI is InChI=1S/C21H32S6/c1-7-12-24-19(23)27-17-11-9-8-10-16(17)13-25-18(22)26-15-21(5,6)14-20(2,3)4/h8-11H,7,12-15H2,1-6H3. The fourth-order valence-corrected chi connectivity index (χ4v) is 7.46. The molecule has 0 amide bonds. The van der Waals surface area contributed by atoms with E-state index in [0.29, 0.717) is 10.8 Å². The summed E-state index contributed by atoms with van der Waals surface area (Å²) >= 11 is 18.3. The zero-order chi connectivity index (χ0) is 20.5. The number of rotatable bonds is 8. The van der Waals surface area contributed by atoms with Crippen LogP contribution in [0.1, 0.15) is 59.9 Å². The molecule has 0 nitrogen and oxygen atoms in total. The van der Waals surface area contributed by atoms with Gasteiger partial charge in [-0.1, -0.05) is 95.9 Å². The second kappa shape index (κ2) is 12.5. The Labute approximate surface area is 194 Å². The fraction of sp³-hybridized carbons (Fsp3) is 0.619. The van der Waals surface area contributed by atoms with Crippen LogP contribution in [-0.4, -0.2) is 18.6 Å². The molecule has 152 valence electrons. The molecule has 0 saturated heterocycles. The largest absolute Gasteiger partial charge is 0.109 e. The number of hydrogen-bond acceptors (Lipinski definition) is 6. The summed E-state index contributed by atoms with van der Waals surface area (Å²) in [6.07, 6.45) is 2.35. The Kier molecular flexibility index (Phi) is 11.9. The SMILES string of the molecule is CCCSC(=S)Sc1ccccc1CSC(=S)SCC(C)(C)CC(C)(C)C. The maximum absolute atomic E-state index is 5.64. The average molecular weight is 477 g/mol. The van der Waals surface area contributed by atoms with Crippen molar-refractivity contribution in [3.05, 3.63) is 29.8 Å². The molecule has 6 heteroatoms. The number of thioether (sulfide) groups is 4. The highest BCUT2D eigenvalue weighted by Gasteiger charge is 2.26. The quantitative estimate of drug-likeness (QED) is 0.269. The Hall–Kier alpha value is 0.800. The molecule has 0 fully saturated rings. The monoisotopic (exact) mass is 476 g/mol. The molecule has 0 aromatic heterocycles. The molecule has 0 bridgehead atoms. The van der Waals surface area contributed by atoms with E-state index in [2.05, 4.69) is 65.8 Å². The van der Waals surface area contributed by atoms with E-state index in [4.69, 9.17) is 24.4 Å². The van der Waals surface area contributed by atoms with E-state index in [1.807, 2.05) is 11.8 Å². The molecule has 1 aromatic carbocycles. The van der Waals surface area contributed by atoms with Crippen molar-refractivity contribution in [2.75, 3.05) is 11.5 Å². The van der Waals surface area contributed by atoms with E-state index >= 15 is 0 Å². The summed E-state index contributed by atoms with van der Waals surface area (Å²) in [5.74, 6) is 3.08. The van der Waals surface area contributed by atoms with Gasteiger partial charge in [-0.15, -0.1) is 35.3 Å². The zero-order valence-corrected chi connectivity index (χ0v) is 22.2. The summed E-state index contributed by atoms with van der Waals surface area (Å²) in [7, 11) is 0. The molecule has 0 N–H and O–H groups in total. The fourth-order valence-electron chi connectivity index (χ4n) is 2.95. The van der Waals surface area contributed by atoms with Gasteiger partial charge >= 0.3 is 0 Å². The van der Waals surface area contributed by atoms with Crippen LogP contribution in [0.5, 0.6) is 0 Å². The minimum atomic E-state index is 0.296. The third-order valence-corrected chi connectivity index (χ3v) is 9.63. The number of benzene rings is 1. The molecule has 0 aliphatic rings. The zero-order valence-electron chi connectivity index (χ0n) is 17.3. The molecule has 1 rings (SSSR count). The summed E-state index contributed by atoms with van der Waals surface area (Å²) in [6, 6.07) is 8.55. The second-order valence-electron chi connectivity index (χ2n) is 8.54. The van der Waals surface area contributed by atoms with Gasteiger partial charge in [0.2, 0.25) is 0 Å². The predicted octanol–water partition coefficient (Wildman–Crippen LogP) is 8.92. The Morgan fingerprint density at radius 1 is 0.926 bits per heavy atom. The predicted molar refractivity (Wildman–Crippen MR) is 142 cm³/mol. The molecule has 0 aliphatic carbocycles. The van der Waals surface area contributed by atoms with Crippen molar-refractivity contribution < 1.29 is 0 Å². The topological polar surface area (TPSA) is 0 Å². The highest BCUT2D eigenvalue weighted by atomic mass is 32.2. The van der Waals surface area contributed by atoms with Crippen LogP contribution in [0, 0.1) is 10.8 Å². The molecule has 0 aliphatic heterocycles. The van der Waals surface area contributed by atoms with Gasteiger partial charge in [0.05, 0.1) is 0 Å². The van der Waals surface area contributed by atoms with Crippen molar-refractivity contribution in [1.82, 2.24) is 0 Å². The molecular formula is C21H32S6. The van der Waals surface area contributed by atoms with Crippen LogP contribution in [0.2, 0.25) is 0 Å². The average Bonchev–Trinajstić information content (AvgIpc) is 2.55. The maximum atomic E-state index is 5.64. The van der Waals surface area contributed by atoms with Crippen LogP contribution in [-0.2, 0) is 5.75 Å². The molecule has 0 unspecified atom stereocenters. The summed E-state index contributed by atoms with van der Waals surface area (Å²) < 4.78 is 2.05. The van der Waals surface area contributed by atoms with Crippen LogP contribution in [0.15, 0.2) is 29.2 Å². The molecule has 1 aromatic rings. The van der Waals surface area contributed by atoms with Crippen molar-refractivity contribution in [2.45, 2.75) is 65.0 Å². The number of hydrogen-bond donors (Lipinski definition) is 0. The molecule has 0 atom stereocenters. The van der Waals surface area contributed by atoms with E-state index in [1.165, 1.54) is 16.9 Å².